The van der Waals surface area contributed by atoms with Crippen molar-refractivity contribution in [2.24, 2.45) is 5.73 Å². The average molecular weight is 184 g/mol. The zero-order chi connectivity index (χ0) is 9.90. The lowest BCUT2D eigenvalue weighted by atomic mass is 10.0. The summed E-state index contributed by atoms with van der Waals surface area (Å²) < 4.78 is 5.21. The Bertz CT molecular complexity index is 218. The third-order valence-corrected chi connectivity index (χ3v) is 2.14. The number of nitrogens with zero attached hydrogens (tertiary/aromatic N) is 1. The van der Waals surface area contributed by atoms with E-state index in [1.165, 1.54) is 0 Å². The smallest absolute Gasteiger partial charge is 0.410 e. The van der Waals surface area contributed by atoms with E-state index in [-0.39, 0.29) is 6.09 Å². The van der Waals surface area contributed by atoms with E-state index in [2.05, 4.69) is 6.58 Å². The molecule has 1 aliphatic heterocycles. The van der Waals surface area contributed by atoms with E-state index in [0.29, 0.717) is 26.1 Å². The molecule has 0 aromatic heterocycles. The van der Waals surface area contributed by atoms with Crippen LogP contribution in [0.2, 0.25) is 0 Å². The summed E-state index contributed by atoms with van der Waals surface area (Å²) in [6.45, 7) is 7.16. The summed E-state index contributed by atoms with van der Waals surface area (Å²) >= 11 is 0. The number of cyclic esters (lactones) is 1. The highest BCUT2D eigenvalue weighted by Gasteiger charge is 2.39. The highest BCUT2D eigenvalue weighted by molar-refractivity contribution is 5.70. The molecule has 13 heavy (non-hydrogen) atoms. The number of carbonyl (C=O) groups excluding carboxylic acids is 1. The Kier molecular flexibility index (Phi) is 2.93. The fourth-order valence-electron chi connectivity index (χ4n) is 1.51. The molecule has 1 unspecified atom stereocenters. The van der Waals surface area contributed by atoms with Gasteiger partial charge in [-0.2, -0.15) is 0 Å². The molecule has 0 radical (unpaired) electrons. The van der Waals surface area contributed by atoms with E-state index in [0.717, 1.165) is 0 Å². The minimum Gasteiger partial charge on any atom is -0.441 e. The van der Waals surface area contributed by atoms with E-state index in [9.17, 15) is 4.79 Å². The van der Waals surface area contributed by atoms with Crippen molar-refractivity contribution < 1.29 is 9.53 Å². The van der Waals surface area contributed by atoms with Gasteiger partial charge < -0.3 is 15.4 Å². The number of hydrogen-bond acceptors (Lipinski definition) is 3. The van der Waals surface area contributed by atoms with Crippen molar-refractivity contribution in [3.63, 3.8) is 0 Å². The van der Waals surface area contributed by atoms with Gasteiger partial charge in [0.05, 0.1) is 6.54 Å². The second-order valence-electron chi connectivity index (χ2n) is 3.53. The first-order valence-corrected chi connectivity index (χ1v) is 4.40. The minimum absolute atomic E-state index is 0.268. The van der Waals surface area contributed by atoms with Crippen molar-refractivity contribution in [2.75, 3.05) is 19.6 Å². The molecular weight excluding hydrogens is 168 g/mol. The maximum Gasteiger partial charge on any atom is 0.410 e. The second kappa shape index (κ2) is 3.79. The van der Waals surface area contributed by atoms with Gasteiger partial charge in [0.2, 0.25) is 0 Å². The normalized spacial score (nSPS) is 27.5. The number of rotatable bonds is 4. The fourth-order valence-corrected chi connectivity index (χ4v) is 1.51. The summed E-state index contributed by atoms with van der Waals surface area (Å²) in [5.41, 5.74) is 5.02. The third kappa shape index (κ3) is 2.21. The summed E-state index contributed by atoms with van der Waals surface area (Å²) in [5, 5.41) is 0. The van der Waals surface area contributed by atoms with Crippen molar-refractivity contribution in [1.82, 2.24) is 4.90 Å². The molecule has 4 heteroatoms. The largest absolute Gasteiger partial charge is 0.441 e. The summed E-state index contributed by atoms with van der Waals surface area (Å²) in [4.78, 5) is 12.9. The Hall–Kier alpha value is -1.03. The van der Waals surface area contributed by atoms with Gasteiger partial charge in [-0.15, -0.1) is 6.58 Å². The first kappa shape index (κ1) is 10.1. The third-order valence-electron chi connectivity index (χ3n) is 2.14. The lowest BCUT2D eigenvalue weighted by Gasteiger charge is -2.20. The van der Waals surface area contributed by atoms with Crippen molar-refractivity contribution in [3.05, 3.63) is 12.7 Å². The lowest BCUT2D eigenvalue weighted by Crippen LogP contribution is -2.33. The molecule has 4 nitrogen and oxygen atoms in total. The highest BCUT2D eigenvalue weighted by atomic mass is 16.6. The van der Waals surface area contributed by atoms with Crippen LogP contribution in [0.25, 0.3) is 0 Å². The van der Waals surface area contributed by atoms with Gasteiger partial charge in [-0.3, -0.25) is 0 Å². The van der Waals surface area contributed by atoms with Crippen LogP contribution in [-0.4, -0.2) is 36.2 Å². The zero-order valence-electron chi connectivity index (χ0n) is 7.95. The molecule has 1 atom stereocenters. The van der Waals surface area contributed by atoms with E-state index in [1.54, 1.807) is 11.0 Å². The molecule has 0 bridgehead atoms. The molecule has 1 rings (SSSR count). The summed E-state index contributed by atoms with van der Waals surface area (Å²) in [6, 6.07) is 0. The standard InChI is InChI=1S/C9H16N2O2/c1-3-6-11-7-9(2,4-5-10)13-8(11)12/h3H,1,4-7,10H2,2H3. The summed E-state index contributed by atoms with van der Waals surface area (Å²) in [6.07, 6.45) is 2.12. The van der Waals surface area contributed by atoms with Crippen molar-refractivity contribution in [1.29, 1.82) is 0 Å². The van der Waals surface area contributed by atoms with Crippen LogP contribution in [0.15, 0.2) is 12.7 Å². The predicted molar refractivity (Wildman–Crippen MR) is 50.3 cm³/mol. The van der Waals surface area contributed by atoms with Gasteiger partial charge in [0.15, 0.2) is 0 Å². The molecular formula is C9H16N2O2. The van der Waals surface area contributed by atoms with Crippen LogP contribution >= 0.6 is 0 Å². The monoisotopic (exact) mass is 184 g/mol. The Balaban J connectivity index is 2.57. The van der Waals surface area contributed by atoms with Gasteiger partial charge in [-0.25, -0.2) is 4.79 Å². The van der Waals surface area contributed by atoms with Gasteiger partial charge in [0.25, 0.3) is 0 Å². The van der Waals surface area contributed by atoms with Crippen LogP contribution in [0.3, 0.4) is 0 Å². The Morgan fingerprint density at radius 3 is 3.08 bits per heavy atom. The molecule has 1 fully saturated rings. The van der Waals surface area contributed by atoms with Gasteiger partial charge in [0.1, 0.15) is 5.60 Å². The van der Waals surface area contributed by atoms with E-state index < -0.39 is 5.60 Å². The van der Waals surface area contributed by atoms with E-state index >= 15 is 0 Å². The van der Waals surface area contributed by atoms with Crippen LogP contribution in [0.5, 0.6) is 0 Å². The van der Waals surface area contributed by atoms with Gasteiger partial charge in [-0.05, 0) is 13.5 Å². The van der Waals surface area contributed by atoms with Crippen LogP contribution in [-0.2, 0) is 4.74 Å². The SMILES string of the molecule is C=CCN1CC(C)(CCN)OC1=O. The molecule has 0 aliphatic carbocycles. The molecule has 1 amide bonds. The van der Waals surface area contributed by atoms with Gasteiger partial charge in [0, 0.05) is 13.0 Å². The molecule has 0 aromatic rings. The molecule has 1 saturated heterocycles. The highest BCUT2D eigenvalue weighted by Crippen LogP contribution is 2.24. The van der Waals surface area contributed by atoms with Crippen LogP contribution < -0.4 is 5.73 Å². The fraction of sp³-hybridized carbons (Fsp3) is 0.667. The molecule has 74 valence electrons. The summed E-state index contributed by atoms with van der Waals surface area (Å²) in [7, 11) is 0. The lowest BCUT2D eigenvalue weighted by molar-refractivity contribution is 0.0669. The van der Waals surface area contributed by atoms with Crippen molar-refractivity contribution >= 4 is 6.09 Å². The average Bonchev–Trinajstić information content (AvgIpc) is 2.28. The number of nitrogens with two attached hydrogens (primary N) is 1. The molecule has 0 saturated carbocycles. The van der Waals surface area contributed by atoms with Crippen LogP contribution in [0, 0.1) is 0 Å². The van der Waals surface area contributed by atoms with Crippen molar-refractivity contribution in [2.45, 2.75) is 18.9 Å². The Morgan fingerprint density at radius 2 is 2.54 bits per heavy atom. The number of hydrogen-bond donors (Lipinski definition) is 1. The second-order valence-corrected chi connectivity index (χ2v) is 3.53. The summed E-state index contributed by atoms with van der Waals surface area (Å²) in [5.74, 6) is 0. The topological polar surface area (TPSA) is 55.6 Å². The van der Waals surface area contributed by atoms with Crippen LogP contribution in [0.4, 0.5) is 4.79 Å². The van der Waals surface area contributed by atoms with E-state index in [4.69, 9.17) is 10.5 Å². The van der Waals surface area contributed by atoms with Crippen LogP contribution in [0.1, 0.15) is 13.3 Å². The quantitative estimate of drug-likeness (QED) is 0.655. The number of amides is 1. The maximum absolute atomic E-state index is 11.3. The maximum atomic E-state index is 11.3. The Labute approximate surface area is 78.3 Å². The predicted octanol–water partition coefficient (Wildman–Crippen LogP) is 0.732. The Morgan fingerprint density at radius 1 is 1.85 bits per heavy atom. The molecule has 2 N–H and O–H groups in total. The van der Waals surface area contributed by atoms with Gasteiger partial charge >= 0.3 is 6.09 Å². The minimum atomic E-state index is -0.408. The number of ether oxygens (including phenoxy) is 1. The van der Waals surface area contributed by atoms with E-state index in [1.807, 2.05) is 6.92 Å². The molecule has 0 aromatic carbocycles. The molecule has 0 spiro atoms. The molecule has 1 heterocycles. The molecule has 1 aliphatic rings. The first-order chi connectivity index (χ1) is 6.11. The zero-order valence-corrected chi connectivity index (χ0v) is 7.95. The van der Waals surface area contributed by atoms with Crippen molar-refractivity contribution in [3.8, 4) is 0 Å². The number of carbonyl (C=O) groups is 1. The van der Waals surface area contributed by atoms with Gasteiger partial charge in [-0.1, -0.05) is 6.08 Å². The first-order valence-electron chi connectivity index (χ1n) is 4.40.